The van der Waals surface area contributed by atoms with Crippen molar-refractivity contribution in [3.05, 3.63) is 102 Å². The van der Waals surface area contributed by atoms with Gasteiger partial charge in [0.2, 0.25) is 5.91 Å². The molecule has 0 heterocycles. The molecular weight excluding hydrogens is 492 g/mol. The Kier molecular flexibility index (Phi) is 11.5. The van der Waals surface area contributed by atoms with Gasteiger partial charge in [-0.3, -0.25) is 4.79 Å². The van der Waals surface area contributed by atoms with Crippen LogP contribution < -0.4 is 5.32 Å². The Labute approximate surface area is 230 Å². The molecule has 0 saturated carbocycles. The van der Waals surface area contributed by atoms with Crippen LogP contribution in [0.25, 0.3) is 5.70 Å². The summed E-state index contributed by atoms with van der Waals surface area (Å²) >= 11 is 1.29. The van der Waals surface area contributed by atoms with Crippen molar-refractivity contribution in [1.82, 2.24) is 10.2 Å². The van der Waals surface area contributed by atoms with Gasteiger partial charge >= 0.3 is 0 Å². The van der Waals surface area contributed by atoms with E-state index in [2.05, 4.69) is 39.9 Å². The smallest absolute Gasteiger partial charge is 0.232 e. The van der Waals surface area contributed by atoms with Gasteiger partial charge in [0.25, 0.3) is 0 Å². The van der Waals surface area contributed by atoms with Crippen LogP contribution in [0.3, 0.4) is 0 Å². The van der Waals surface area contributed by atoms with Crippen molar-refractivity contribution in [3.8, 4) is 6.07 Å². The maximum atomic E-state index is 13.5. The lowest BCUT2D eigenvalue weighted by Gasteiger charge is -2.35. The molecule has 1 unspecified atom stereocenters. The molecule has 38 heavy (non-hydrogen) atoms. The third kappa shape index (κ3) is 8.15. The zero-order chi connectivity index (χ0) is 28.1. The van der Waals surface area contributed by atoms with Crippen LogP contribution in [-0.4, -0.2) is 42.3 Å². The summed E-state index contributed by atoms with van der Waals surface area (Å²) < 4.78 is 0. The van der Waals surface area contributed by atoms with Crippen molar-refractivity contribution in [2.24, 2.45) is 20.6 Å². The van der Waals surface area contributed by atoms with Gasteiger partial charge in [-0.25, -0.2) is 4.99 Å². The highest BCUT2D eigenvalue weighted by molar-refractivity contribution is 8.13. The lowest BCUT2D eigenvalue weighted by atomic mass is 9.70. The van der Waals surface area contributed by atoms with Crippen LogP contribution in [0.2, 0.25) is 0 Å². The number of carbonyl (C=O) groups is 1. The number of thioether (sulfide) groups is 1. The second-order valence-electron chi connectivity index (χ2n) is 8.95. The van der Waals surface area contributed by atoms with Gasteiger partial charge in [0.1, 0.15) is 0 Å². The third-order valence-electron chi connectivity index (χ3n) is 5.78. The first-order chi connectivity index (χ1) is 18.2. The number of carbonyl (C=O) groups excluding carboxylic acids is 1. The van der Waals surface area contributed by atoms with Crippen LogP contribution in [0.5, 0.6) is 0 Å². The Morgan fingerprint density at radius 2 is 1.92 bits per heavy atom. The average molecular weight is 527 g/mol. The molecule has 1 N–H and O–H groups in total. The normalized spacial score (nSPS) is 13.3. The van der Waals surface area contributed by atoms with E-state index in [4.69, 9.17) is 5.26 Å². The predicted octanol–water partition coefficient (Wildman–Crippen LogP) is 6.21. The number of allylic oxidation sites excluding steroid dienone is 3. The number of hydrogen-bond acceptors (Lipinski definition) is 6. The van der Waals surface area contributed by atoms with Gasteiger partial charge in [0.15, 0.2) is 5.17 Å². The Morgan fingerprint density at radius 3 is 2.53 bits per heavy atom. The van der Waals surface area contributed by atoms with Crippen molar-refractivity contribution in [2.75, 3.05) is 13.3 Å². The minimum absolute atomic E-state index is 0.194. The molecule has 0 bridgehead atoms. The molecule has 2 aromatic carbocycles. The molecule has 7 nitrogen and oxygen atoms in total. The summed E-state index contributed by atoms with van der Waals surface area (Å²) in [5.74, 6) is -0.494. The van der Waals surface area contributed by atoms with Gasteiger partial charge in [-0.1, -0.05) is 86.8 Å². The number of amides is 1. The lowest BCUT2D eigenvalue weighted by molar-refractivity contribution is -0.128. The minimum atomic E-state index is -0.871. The predicted molar refractivity (Wildman–Crippen MR) is 161 cm³/mol. The zero-order valence-corrected chi connectivity index (χ0v) is 23.4. The Hall–Kier alpha value is -4.22. The number of aliphatic imine (C=N–C) groups is 1. The topological polar surface area (TPSA) is 93.2 Å². The molecule has 0 aliphatic carbocycles. The van der Waals surface area contributed by atoms with Crippen LogP contribution in [0.4, 0.5) is 0 Å². The highest BCUT2D eigenvalue weighted by Gasteiger charge is 2.40. The molecule has 0 saturated heterocycles. The van der Waals surface area contributed by atoms with Gasteiger partial charge in [-0.05, 0) is 36.4 Å². The van der Waals surface area contributed by atoms with Gasteiger partial charge in [0, 0.05) is 31.4 Å². The van der Waals surface area contributed by atoms with E-state index >= 15 is 0 Å². The number of amidine groups is 1. The van der Waals surface area contributed by atoms with Gasteiger partial charge < -0.3 is 10.2 Å². The van der Waals surface area contributed by atoms with Crippen LogP contribution >= 0.6 is 11.8 Å². The number of nitrogens with zero attached hydrogens (tertiary/aromatic N) is 5. The molecule has 2 rings (SSSR count). The molecule has 0 radical (unpaired) electrons. The maximum Gasteiger partial charge on any atom is 0.232 e. The van der Waals surface area contributed by atoms with Crippen molar-refractivity contribution in [1.29, 1.82) is 5.26 Å². The molecule has 196 valence electrons. The van der Waals surface area contributed by atoms with Gasteiger partial charge in [0.05, 0.1) is 29.1 Å². The van der Waals surface area contributed by atoms with Gasteiger partial charge in [-0.15, -0.1) is 5.10 Å². The Morgan fingerprint density at radius 1 is 1.21 bits per heavy atom. The first-order valence-electron chi connectivity index (χ1n) is 11.9. The quantitative estimate of drug-likeness (QED) is 0.172. The minimum Gasteiger partial charge on any atom is -0.342 e. The SMILES string of the molecule is C=N/N=C(/NC(=O)C(C)(C)C(C(/C=C\C)=C/N(C)C=NC(=C)c1cccc(C#N)c1)c1ccccc1)SC. The van der Waals surface area contributed by atoms with E-state index in [-0.39, 0.29) is 11.8 Å². The standard InChI is InChI=1S/C30H34N6OS/c1-8-13-26(20-36(6)21-33-22(2)25-17-12-14-23(18-25)19-31)27(24-15-10-9-11-16-24)30(3,4)28(37)34-29(38-7)35-32-5/h8-18,20-21,27H,2,5H2,1,3-4,6-7H3,(H,34,35,37)/b13-8-,26-20+,33-21?. The molecule has 0 fully saturated rings. The number of benzene rings is 2. The molecule has 2 aromatic rings. The summed E-state index contributed by atoms with van der Waals surface area (Å²) in [7, 11) is 1.87. The highest BCUT2D eigenvalue weighted by atomic mass is 32.2. The van der Waals surface area contributed by atoms with E-state index < -0.39 is 5.41 Å². The van der Waals surface area contributed by atoms with Crippen molar-refractivity contribution in [3.63, 3.8) is 0 Å². The zero-order valence-electron chi connectivity index (χ0n) is 22.5. The van der Waals surface area contributed by atoms with Crippen LogP contribution in [0.1, 0.15) is 43.4 Å². The summed E-state index contributed by atoms with van der Waals surface area (Å²) in [6.45, 7) is 13.2. The second kappa shape index (κ2) is 14.5. The van der Waals surface area contributed by atoms with E-state index in [1.807, 2.05) is 93.7 Å². The molecule has 1 atom stereocenters. The number of nitrogens with one attached hydrogen (secondary N) is 1. The molecule has 0 aromatic heterocycles. The number of hydrogen-bond donors (Lipinski definition) is 1. The van der Waals surface area contributed by atoms with Crippen molar-refractivity contribution >= 4 is 41.6 Å². The molecule has 1 amide bonds. The Bertz CT molecular complexity index is 1300. The van der Waals surface area contributed by atoms with Crippen molar-refractivity contribution in [2.45, 2.75) is 26.7 Å². The lowest BCUT2D eigenvalue weighted by Crippen LogP contribution is -2.43. The Balaban J connectivity index is 2.47. The molecular formula is C30H34N6OS. The fourth-order valence-corrected chi connectivity index (χ4v) is 4.25. The van der Waals surface area contributed by atoms with E-state index in [0.29, 0.717) is 16.4 Å². The van der Waals surface area contributed by atoms with Crippen LogP contribution in [-0.2, 0) is 4.79 Å². The fourth-order valence-electron chi connectivity index (χ4n) is 3.92. The first kappa shape index (κ1) is 30.0. The summed E-state index contributed by atoms with van der Waals surface area (Å²) in [4.78, 5) is 19.9. The van der Waals surface area contributed by atoms with E-state index in [1.165, 1.54) is 11.8 Å². The molecule has 8 heteroatoms. The number of nitriles is 1. The summed E-state index contributed by atoms with van der Waals surface area (Å²) in [5, 5.41) is 19.9. The summed E-state index contributed by atoms with van der Waals surface area (Å²) in [6, 6.07) is 19.2. The van der Waals surface area contributed by atoms with Crippen LogP contribution in [0.15, 0.2) is 100 Å². The molecule has 0 aliphatic rings. The summed E-state index contributed by atoms with van der Waals surface area (Å²) in [6.07, 6.45) is 9.37. The third-order valence-corrected chi connectivity index (χ3v) is 6.35. The average Bonchev–Trinajstić information content (AvgIpc) is 2.92. The second-order valence-corrected chi connectivity index (χ2v) is 9.74. The monoisotopic (exact) mass is 526 g/mol. The molecule has 0 aliphatic heterocycles. The highest BCUT2D eigenvalue weighted by Crippen LogP contribution is 2.42. The number of rotatable bonds is 10. The molecule has 0 spiro atoms. The van der Waals surface area contributed by atoms with Crippen LogP contribution in [0, 0.1) is 16.7 Å². The summed E-state index contributed by atoms with van der Waals surface area (Å²) in [5.41, 5.74) is 2.88. The van der Waals surface area contributed by atoms with E-state index in [1.54, 1.807) is 24.5 Å². The fraction of sp³-hybridized carbons (Fsp3) is 0.233. The maximum absolute atomic E-state index is 13.5. The van der Waals surface area contributed by atoms with E-state index in [0.717, 1.165) is 16.7 Å². The first-order valence-corrected chi connectivity index (χ1v) is 13.1. The van der Waals surface area contributed by atoms with E-state index in [9.17, 15) is 4.79 Å². The largest absolute Gasteiger partial charge is 0.342 e. The van der Waals surface area contributed by atoms with Crippen molar-refractivity contribution < 1.29 is 4.79 Å². The van der Waals surface area contributed by atoms with Gasteiger partial charge in [-0.2, -0.15) is 10.4 Å².